The number of hydrogen-bond acceptors (Lipinski definition) is 2. The maximum absolute atomic E-state index is 12.1. The van der Waals surface area contributed by atoms with Gasteiger partial charge in [0.25, 0.3) is 5.91 Å². The Bertz CT molecular complexity index is 581. The van der Waals surface area contributed by atoms with Gasteiger partial charge in [-0.05, 0) is 37.6 Å². The molecule has 0 saturated carbocycles. The van der Waals surface area contributed by atoms with E-state index in [4.69, 9.17) is 0 Å². The van der Waals surface area contributed by atoms with Gasteiger partial charge in [-0.1, -0.05) is 35.9 Å². The van der Waals surface area contributed by atoms with Crippen molar-refractivity contribution in [3.8, 4) is 0 Å². The van der Waals surface area contributed by atoms with Crippen LogP contribution in [0.15, 0.2) is 53.4 Å². The largest absolute Gasteiger partial charge is 0.351 e. The lowest BCUT2D eigenvalue weighted by Crippen LogP contribution is -2.26. The van der Waals surface area contributed by atoms with Crippen LogP contribution < -0.4 is 5.32 Å². The van der Waals surface area contributed by atoms with Crippen LogP contribution in [0.2, 0.25) is 0 Å². The van der Waals surface area contributed by atoms with Crippen LogP contribution >= 0.6 is 11.8 Å². The second kappa shape index (κ2) is 7.15. The van der Waals surface area contributed by atoms with E-state index in [2.05, 4.69) is 17.4 Å². The maximum atomic E-state index is 12.1. The highest BCUT2D eigenvalue weighted by molar-refractivity contribution is 7.99. The highest BCUT2D eigenvalue weighted by Crippen LogP contribution is 2.16. The van der Waals surface area contributed by atoms with Gasteiger partial charge in [0.05, 0.1) is 0 Å². The predicted molar refractivity (Wildman–Crippen MR) is 85.4 cm³/mol. The molecule has 104 valence electrons. The van der Waals surface area contributed by atoms with Crippen molar-refractivity contribution in [2.45, 2.75) is 18.7 Å². The highest BCUT2D eigenvalue weighted by Gasteiger charge is 2.08. The van der Waals surface area contributed by atoms with Gasteiger partial charge in [-0.15, -0.1) is 11.8 Å². The van der Waals surface area contributed by atoms with Gasteiger partial charge in [-0.2, -0.15) is 0 Å². The van der Waals surface area contributed by atoms with Gasteiger partial charge in [0, 0.05) is 22.8 Å². The number of aryl methyl sites for hydroxylation is 2. The summed E-state index contributed by atoms with van der Waals surface area (Å²) in [7, 11) is 0. The summed E-state index contributed by atoms with van der Waals surface area (Å²) < 4.78 is 0. The van der Waals surface area contributed by atoms with Gasteiger partial charge in [-0.25, -0.2) is 0 Å². The first-order valence-corrected chi connectivity index (χ1v) is 7.68. The minimum absolute atomic E-state index is 0.0138. The summed E-state index contributed by atoms with van der Waals surface area (Å²) in [6.07, 6.45) is 0. The van der Waals surface area contributed by atoms with E-state index in [1.165, 1.54) is 4.90 Å². The topological polar surface area (TPSA) is 29.1 Å². The zero-order valence-electron chi connectivity index (χ0n) is 11.8. The van der Waals surface area contributed by atoms with E-state index in [0.29, 0.717) is 6.54 Å². The van der Waals surface area contributed by atoms with Crippen LogP contribution in [0.5, 0.6) is 0 Å². The molecule has 0 aliphatic rings. The molecular weight excluding hydrogens is 266 g/mol. The summed E-state index contributed by atoms with van der Waals surface area (Å²) in [5, 5.41) is 2.98. The standard InChI is InChI=1S/C17H19NOS/c1-13-8-9-14(2)16(12-13)17(19)18-10-11-20-15-6-4-3-5-7-15/h3-9,12H,10-11H2,1-2H3,(H,18,19). The summed E-state index contributed by atoms with van der Waals surface area (Å²) in [4.78, 5) is 13.3. The molecule has 0 spiro atoms. The Kier molecular flexibility index (Phi) is 5.24. The highest BCUT2D eigenvalue weighted by atomic mass is 32.2. The van der Waals surface area contributed by atoms with Gasteiger partial charge in [-0.3, -0.25) is 4.79 Å². The Morgan fingerprint density at radius 2 is 1.85 bits per heavy atom. The zero-order valence-corrected chi connectivity index (χ0v) is 12.7. The number of thioether (sulfide) groups is 1. The number of rotatable bonds is 5. The minimum atomic E-state index is 0.0138. The van der Waals surface area contributed by atoms with Crippen molar-refractivity contribution in [3.63, 3.8) is 0 Å². The molecule has 1 amide bonds. The molecule has 0 aliphatic heterocycles. The van der Waals surface area contributed by atoms with Crippen molar-refractivity contribution in [2.24, 2.45) is 0 Å². The molecule has 2 rings (SSSR count). The Balaban J connectivity index is 1.82. The summed E-state index contributed by atoms with van der Waals surface area (Å²) in [6.45, 7) is 4.64. The van der Waals surface area contributed by atoms with Crippen molar-refractivity contribution in [3.05, 3.63) is 65.2 Å². The van der Waals surface area contributed by atoms with Crippen molar-refractivity contribution >= 4 is 17.7 Å². The van der Waals surface area contributed by atoms with Crippen molar-refractivity contribution in [2.75, 3.05) is 12.3 Å². The number of amides is 1. The third-order valence-corrected chi connectivity index (χ3v) is 4.05. The Morgan fingerprint density at radius 3 is 2.60 bits per heavy atom. The molecule has 0 fully saturated rings. The molecule has 3 heteroatoms. The first-order chi connectivity index (χ1) is 9.66. The molecule has 1 N–H and O–H groups in total. The fraction of sp³-hybridized carbons (Fsp3) is 0.235. The second-order valence-corrected chi connectivity index (χ2v) is 5.90. The third-order valence-electron chi connectivity index (χ3n) is 3.04. The fourth-order valence-electron chi connectivity index (χ4n) is 1.93. The first kappa shape index (κ1) is 14.7. The molecule has 2 nitrogen and oxygen atoms in total. The molecule has 0 saturated heterocycles. The van der Waals surface area contributed by atoms with Gasteiger partial charge in [0.15, 0.2) is 0 Å². The number of nitrogens with one attached hydrogen (secondary N) is 1. The summed E-state index contributed by atoms with van der Waals surface area (Å²) in [5.74, 6) is 0.889. The van der Waals surface area contributed by atoms with Crippen molar-refractivity contribution in [1.29, 1.82) is 0 Å². The minimum Gasteiger partial charge on any atom is -0.351 e. The number of carbonyl (C=O) groups is 1. The fourth-order valence-corrected chi connectivity index (χ4v) is 2.72. The number of benzene rings is 2. The molecule has 0 unspecified atom stereocenters. The Labute approximate surface area is 124 Å². The quantitative estimate of drug-likeness (QED) is 0.668. The monoisotopic (exact) mass is 285 g/mol. The van der Waals surface area contributed by atoms with E-state index >= 15 is 0 Å². The molecule has 0 bridgehead atoms. The Morgan fingerprint density at radius 1 is 1.10 bits per heavy atom. The lowest BCUT2D eigenvalue weighted by atomic mass is 10.1. The lowest BCUT2D eigenvalue weighted by molar-refractivity contribution is 0.0955. The second-order valence-electron chi connectivity index (χ2n) is 4.74. The van der Waals surface area contributed by atoms with E-state index in [0.717, 1.165) is 22.4 Å². The average Bonchev–Trinajstić information content (AvgIpc) is 2.47. The van der Waals surface area contributed by atoms with Crippen LogP contribution in [0, 0.1) is 13.8 Å². The molecule has 0 radical (unpaired) electrons. The number of hydrogen-bond donors (Lipinski definition) is 1. The maximum Gasteiger partial charge on any atom is 0.251 e. The third kappa shape index (κ3) is 4.14. The van der Waals surface area contributed by atoms with E-state index in [1.807, 2.05) is 50.2 Å². The lowest BCUT2D eigenvalue weighted by Gasteiger charge is -2.08. The van der Waals surface area contributed by atoms with Gasteiger partial charge in [0.1, 0.15) is 0 Å². The van der Waals surface area contributed by atoms with E-state index in [9.17, 15) is 4.79 Å². The van der Waals surface area contributed by atoms with Crippen LogP contribution in [-0.4, -0.2) is 18.2 Å². The van der Waals surface area contributed by atoms with Crippen LogP contribution in [-0.2, 0) is 0 Å². The summed E-state index contributed by atoms with van der Waals surface area (Å²) in [6, 6.07) is 16.2. The molecule has 0 aromatic heterocycles. The SMILES string of the molecule is Cc1ccc(C)c(C(=O)NCCSc2ccccc2)c1. The van der Waals surface area contributed by atoms with E-state index < -0.39 is 0 Å². The normalized spacial score (nSPS) is 10.3. The molecule has 0 heterocycles. The van der Waals surface area contributed by atoms with Crippen LogP contribution in [0.4, 0.5) is 0 Å². The van der Waals surface area contributed by atoms with Crippen LogP contribution in [0.1, 0.15) is 21.5 Å². The smallest absolute Gasteiger partial charge is 0.251 e. The van der Waals surface area contributed by atoms with Gasteiger partial charge < -0.3 is 5.32 Å². The predicted octanol–water partition coefficient (Wildman–Crippen LogP) is 3.83. The Hall–Kier alpha value is -1.74. The van der Waals surface area contributed by atoms with E-state index in [1.54, 1.807) is 11.8 Å². The molecule has 2 aromatic rings. The summed E-state index contributed by atoms with van der Waals surface area (Å²) in [5.41, 5.74) is 2.90. The van der Waals surface area contributed by atoms with E-state index in [-0.39, 0.29) is 5.91 Å². The van der Waals surface area contributed by atoms with Crippen molar-refractivity contribution in [1.82, 2.24) is 5.32 Å². The molecule has 0 aliphatic carbocycles. The first-order valence-electron chi connectivity index (χ1n) is 6.70. The molecular formula is C17H19NOS. The van der Waals surface area contributed by atoms with Crippen molar-refractivity contribution < 1.29 is 4.79 Å². The van der Waals surface area contributed by atoms with Crippen LogP contribution in [0.25, 0.3) is 0 Å². The summed E-state index contributed by atoms with van der Waals surface area (Å²) >= 11 is 1.75. The van der Waals surface area contributed by atoms with Crippen LogP contribution in [0.3, 0.4) is 0 Å². The van der Waals surface area contributed by atoms with Gasteiger partial charge in [0.2, 0.25) is 0 Å². The zero-order chi connectivity index (χ0) is 14.4. The van der Waals surface area contributed by atoms with Gasteiger partial charge >= 0.3 is 0 Å². The molecule has 2 aromatic carbocycles. The molecule has 20 heavy (non-hydrogen) atoms. The molecule has 0 atom stereocenters. The average molecular weight is 285 g/mol. The number of carbonyl (C=O) groups excluding carboxylic acids is 1.